The van der Waals surface area contributed by atoms with E-state index in [1.54, 1.807) is 18.9 Å². The van der Waals surface area contributed by atoms with Gasteiger partial charge in [-0.25, -0.2) is 0 Å². The van der Waals surface area contributed by atoms with Crippen LogP contribution in [-0.2, 0) is 4.74 Å². The molecular weight excluding hydrogens is 210 g/mol. The number of hydrogen-bond acceptors (Lipinski definition) is 3. The van der Waals surface area contributed by atoms with Crippen LogP contribution in [0, 0.1) is 0 Å². The number of nitrogens with two attached hydrogens (primary N) is 1. The Kier molecular flexibility index (Phi) is 9.41. The zero-order valence-electron chi connectivity index (χ0n) is 9.53. The zero-order valence-corrected chi connectivity index (χ0v) is 10.3. The van der Waals surface area contributed by atoms with E-state index in [0.717, 1.165) is 18.1 Å². The van der Waals surface area contributed by atoms with Gasteiger partial charge in [0.1, 0.15) is 0 Å². The van der Waals surface area contributed by atoms with Gasteiger partial charge >= 0.3 is 0 Å². The van der Waals surface area contributed by atoms with Crippen molar-refractivity contribution >= 4 is 17.7 Å². The van der Waals surface area contributed by atoms with Crippen molar-refractivity contribution in [3.63, 3.8) is 0 Å². The summed E-state index contributed by atoms with van der Waals surface area (Å²) in [4.78, 5) is 4.19. The summed E-state index contributed by atoms with van der Waals surface area (Å²) in [7, 11) is 1.66. The van der Waals surface area contributed by atoms with Crippen LogP contribution in [0.15, 0.2) is 17.6 Å². The molecule has 0 spiro atoms. The Morgan fingerprint density at radius 1 is 1.73 bits per heavy atom. The quantitative estimate of drug-likeness (QED) is 0.281. The van der Waals surface area contributed by atoms with Gasteiger partial charge in [0.25, 0.3) is 0 Å². The van der Waals surface area contributed by atoms with E-state index in [4.69, 9.17) is 10.5 Å². The largest absolute Gasteiger partial charge is 0.383 e. The van der Waals surface area contributed by atoms with E-state index in [2.05, 4.69) is 16.9 Å². The summed E-state index contributed by atoms with van der Waals surface area (Å²) in [5, 5.41) is 3.05. The number of hydrogen-bond donors (Lipinski definition) is 2. The summed E-state index contributed by atoms with van der Waals surface area (Å²) in [6.07, 6.45) is 1.89. The fourth-order valence-corrected chi connectivity index (χ4v) is 1.54. The SMILES string of the molecule is C=CCSCCN=C(N)NC(C)COC. The number of thioether (sulfide) groups is 1. The second kappa shape index (κ2) is 9.86. The fourth-order valence-electron chi connectivity index (χ4n) is 0.987. The molecule has 0 aliphatic carbocycles. The number of rotatable bonds is 8. The highest BCUT2D eigenvalue weighted by Gasteiger charge is 2.00. The molecule has 0 aliphatic heterocycles. The Labute approximate surface area is 96.4 Å². The Morgan fingerprint density at radius 2 is 2.47 bits per heavy atom. The van der Waals surface area contributed by atoms with Crippen molar-refractivity contribution in [2.45, 2.75) is 13.0 Å². The highest BCUT2D eigenvalue weighted by atomic mass is 32.2. The first kappa shape index (κ1) is 14.3. The van der Waals surface area contributed by atoms with Gasteiger partial charge in [-0.05, 0) is 6.92 Å². The topological polar surface area (TPSA) is 59.6 Å². The van der Waals surface area contributed by atoms with Crippen molar-refractivity contribution in [1.82, 2.24) is 5.32 Å². The third-order valence-electron chi connectivity index (χ3n) is 1.56. The van der Waals surface area contributed by atoms with Crippen LogP contribution in [-0.4, -0.2) is 43.8 Å². The van der Waals surface area contributed by atoms with Crippen molar-refractivity contribution in [3.05, 3.63) is 12.7 Å². The first-order valence-corrected chi connectivity index (χ1v) is 6.10. The van der Waals surface area contributed by atoms with Gasteiger partial charge in [0.2, 0.25) is 0 Å². The normalized spacial score (nSPS) is 13.6. The van der Waals surface area contributed by atoms with Crippen LogP contribution < -0.4 is 11.1 Å². The van der Waals surface area contributed by atoms with Crippen LogP contribution in [0.3, 0.4) is 0 Å². The van der Waals surface area contributed by atoms with Crippen LogP contribution in [0.2, 0.25) is 0 Å². The average Bonchev–Trinajstić information content (AvgIpc) is 2.17. The zero-order chi connectivity index (χ0) is 11.5. The fraction of sp³-hybridized carbons (Fsp3) is 0.700. The van der Waals surface area contributed by atoms with Crippen LogP contribution in [0.25, 0.3) is 0 Å². The molecule has 15 heavy (non-hydrogen) atoms. The van der Waals surface area contributed by atoms with Crippen molar-refractivity contribution in [1.29, 1.82) is 0 Å². The van der Waals surface area contributed by atoms with Gasteiger partial charge < -0.3 is 15.8 Å². The van der Waals surface area contributed by atoms with Crippen molar-refractivity contribution in [2.24, 2.45) is 10.7 Å². The minimum absolute atomic E-state index is 0.194. The number of aliphatic imine (C=N–C) groups is 1. The highest BCUT2D eigenvalue weighted by molar-refractivity contribution is 7.99. The number of nitrogens with zero attached hydrogens (tertiary/aromatic N) is 1. The molecule has 0 rings (SSSR count). The van der Waals surface area contributed by atoms with Crippen molar-refractivity contribution < 1.29 is 4.74 Å². The molecular formula is C10H21N3OS. The molecule has 5 heteroatoms. The molecule has 0 heterocycles. The lowest BCUT2D eigenvalue weighted by atomic mass is 10.4. The lowest BCUT2D eigenvalue weighted by Crippen LogP contribution is -2.40. The van der Waals surface area contributed by atoms with Gasteiger partial charge in [0, 0.05) is 24.7 Å². The van der Waals surface area contributed by atoms with Gasteiger partial charge in [0.05, 0.1) is 13.2 Å². The molecule has 1 atom stereocenters. The highest BCUT2D eigenvalue weighted by Crippen LogP contribution is 1.98. The minimum Gasteiger partial charge on any atom is -0.383 e. The lowest BCUT2D eigenvalue weighted by Gasteiger charge is -2.12. The average molecular weight is 231 g/mol. The smallest absolute Gasteiger partial charge is 0.188 e. The summed E-state index contributed by atoms with van der Waals surface area (Å²) in [6, 6.07) is 0.194. The number of nitrogens with one attached hydrogen (secondary N) is 1. The monoisotopic (exact) mass is 231 g/mol. The lowest BCUT2D eigenvalue weighted by molar-refractivity contribution is 0.179. The van der Waals surface area contributed by atoms with E-state index >= 15 is 0 Å². The molecule has 0 aromatic rings. The second-order valence-electron chi connectivity index (χ2n) is 3.13. The predicted molar refractivity (Wildman–Crippen MR) is 68.5 cm³/mol. The van der Waals surface area contributed by atoms with Crippen molar-refractivity contribution in [3.8, 4) is 0 Å². The molecule has 0 aliphatic rings. The summed E-state index contributed by atoms with van der Waals surface area (Å²) >= 11 is 1.79. The molecule has 0 bridgehead atoms. The summed E-state index contributed by atoms with van der Waals surface area (Å²) in [5.74, 6) is 2.41. The van der Waals surface area contributed by atoms with Gasteiger partial charge in [-0.1, -0.05) is 6.08 Å². The van der Waals surface area contributed by atoms with Gasteiger partial charge in [0.15, 0.2) is 5.96 Å². The molecule has 3 N–H and O–H groups in total. The van der Waals surface area contributed by atoms with Crippen LogP contribution in [0.4, 0.5) is 0 Å². The summed E-state index contributed by atoms with van der Waals surface area (Å²) < 4.78 is 4.97. The first-order valence-electron chi connectivity index (χ1n) is 4.94. The number of ether oxygens (including phenoxy) is 1. The Balaban J connectivity index is 3.55. The molecule has 0 aromatic carbocycles. The Hall–Kier alpha value is -0.680. The van der Waals surface area contributed by atoms with E-state index in [1.165, 1.54) is 0 Å². The maximum absolute atomic E-state index is 5.67. The van der Waals surface area contributed by atoms with E-state index in [0.29, 0.717) is 12.6 Å². The molecule has 0 aromatic heterocycles. The van der Waals surface area contributed by atoms with E-state index < -0.39 is 0 Å². The maximum Gasteiger partial charge on any atom is 0.188 e. The third-order valence-corrected chi connectivity index (χ3v) is 2.51. The van der Waals surface area contributed by atoms with E-state index in [9.17, 15) is 0 Å². The predicted octanol–water partition coefficient (Wildman–Crippen LogP) is 0.845. The van der Waals surface area contributed by atoms with Crippen LogP contribution in [0.1, 0.15) is 6.92 Å². The van der Waals surface area contributed by atoms with Gasteiger partial charge in [-0.2, -0.15) is 11.8 Å². The summed E-state index contributed by atoms with van der Waals surface area (Å²) in [5.41, 5.74) is 5.67. The van der Waals surface area contributed by atoms with Crippen molar-refractivity contribution in [2.75, 3.05) is 31.8 Å². The van der Waals surface area contributed by atoms with Gasteiger partial charge in [-0.3, -0.25) is 4.99 Å². The van der Waals surface area contributed by atoms with E-state index in [1.807, 2.05) is 13.0 Å². The standard InChI is InChI=1S/C10H21N3OS/c1-4-6-15-7-5-12-10(11)13-9(2)8-14-3/h4,9H,1,5-8H2,2-3H3,(H3,11,12,13). The maximum atomic E-state index is 5.67. The molecule has 1 unspecified atom stereocenters. The minimum atomic E-state index is 0.194. The van der Waals surface area contributed by atoms with Crippen LogP contribution >= 0.6 is 11.8 Å². The first-order chi connectivity index (χ1) is 7.20. The van der Waals surface area contributed by atoms with E-state index in [-0.39, 0.29) is 6.04 Å². The third kappa shape index (κ3) is 9.62. The molecule has 0 amide bonds. The molecule has 0 fully saturated rings. The molecule has 4 nitrogen and oxygen atoms in total. The van der Waals surface area contributed by atoms with Crippen LogP contribution in [0.5, 0.6) is 0 Å². The molecule has 0 saturated carbocycles. The Morgan fingerprint density at radius 3 is 3.07 bits per heavy atom. The molecule has 88 valence electrons. The molecule has 0 saturated heterocycles. The second-order valence-corrected chi connectivity index (χ2v) is 4.28. The Bertz CT molecular complexity index is 197. The van der Waals surface area contributed by atoms with Gasteiger partial charge in [-0.15, -0.1) is 6.58 Å². The molecule has 0 radical (unpaired) electrons. The number of guanidine groups is 1. The summed E-state index contributed by atoms with van der Waals surface area (Å²) in [6.45, 7) is 7.00. The number of methoxy groups -OCH3 is 1.